The highest BCUT2D eigenvalue weighted by atomic mass is 16.2. The number of carbonyl (C=O) groups excluding carboxylic acids is 1. The van der Waals surface area contributed by atoms with Crippen LogP contribution >= 0.6 is 0 Å². The summed E-state index contributed by atoms with van der Waals surface area (Å²) < 4.78 is 0. The average molecular weight is 212 g/mol. The van der Waals surface area contributed by atoms with Gasteiger partial charge < -0.3 is 10.6 Å². The van der Waals surface area contributed by atoms with E-state index < -0.39 is 0 Å². The van der Waals surface area contributed by atoms with Gasteiger partial charge in [0.1, 0.15) is 0 Å². The Hall–Kier alpha value is -0.570. The first-order valence-electron chi connectivity index (χ1n) is 6.20. The number of hydrogen-bond donors (Lipinski definition) is 1. The van der Waals surface area contributed by atoms with Gasteiger partial charge in [-0.05, 0) is 13.3 Å². The summed E-state index contributed by atoms with van der Waals surface area (Å²) in [5, 5.41) is 0. The van der Waals surface area contributed by atoms with Gasteiger partial charge in [0.25, 0.3) is 0 Å². The highest BCUT2D eigenvalue weighted by Crippen LogP contribution is 2.17. The van der Waals surface area contributed by atoms with Crippen molar-refractivity contribution in [1.29, 1.82) is 0 Å². The lowest BCUT2D eigenvalue weighted by atomic mass is 10.1. The van der Waals surface area contributed by atoms with Crippen LogP contribution in [0.4, 0.5) is 0 Å². The maximum Gasteiger partial charge on any atom is 0.224 e. The van der Waals surface area contributed by atoms with Crippen molar-refractivity contribution in [1.82, 2.24) is 4.90 Å². The average Bonchev–Trinajstić information content (AvgIpc) is 2.52. The van der Waals surface area contributed by atoms with E-state index in [0.717, 1.165) is 13.0 Å². The van der Waals surface area contributed by atoms with Crippen molar-refractivity contribution in [3.05, 3.63) is 0 Å². The van der Waals surface area contributed by atoms with Crippen molar-refractivity contribution < 1.29 is 4.79 Å². The molecule has 1 rings (SSSR count). The number of carbonyl (C=O) groups is 1. The van der Waals surface area contributed by atoms with Gasteiger partial charge in [-0.25, -0.2) is 0 Å². The lowest BCUT2D eigenvalue weighted by Crippen LogP contribution is -2.35. The number of rotatable bonds is 6. The molecule has 2 unspecified atom stereocenters. The van der Waals surface area contributed by atoms with E-state index in [-0.39, 0.29) is 11.9 Å². The van der Waals surface area contributed by atoms with Gasteiger partial charge in [0.2, 0.25) is 5.91 Å². The van der Waals surface area contributed by atoms with Crippen LogP contribution in [-0.2, 0) is 4.79 Å². The molecule has 0 aromatic carbocycles. The lowest BCUT2D eigenvalue weighted by Gasteiger charge is -2.24. The summed E-state index contributed by atoms with van der Waals surface area (Å²) in [6, 6.07) is 0.443. The van der Waals surface area contributed by atoms with Crippen LogP contribution in [0.1, 0.15) is 52.4 Å². The molecule has 0 aromatic rings. The molecule has 3 nitrogen and oxygen atoms in total. The number of nitrogens with two attached hydrogens (primary N) is 1. The summed E-state index contributed by atoms with van der Waals surface area (Å²) in [6.45, 7) is 5.11. The summed E-state index contributed by atoms with van der Waals surface area (Å²) in [6.07, 6.45) is 6.75. The molecule has 0 saturated carbocycles. The zero-order chi connectivity index (χ0) is 11.3. The van der Waals surface area contributed by atoms with Gasteiger partial charge in [0.15, 0.2) is 0 Å². The summed E-state index contributed by atoms with van der Waals surface area (Å²) >= 11 is 0. The molecular formula is C12H24N2O. The molecule has 0 radical (unpaired) electrons. The Morgan fingerprint density at radius 2 is 2.20 bits per heavy atom. The molecule has 0 aliphatic carbocycles. The summed E-state index contributed by atoms with van der Waals surface area (Å²) in [4.78, 5) is 13.5. The van der Waals surface area contributed by atoms with Gasteiger partial charge in [-0.15, -0.1) is 0 Å². The summed E-state index contributed by atoms with van der Waals surface area (Å²) in [5.41, 5.74) is 5.77. The largest absolute Gasteiger partial charge is 0.338 e. The van der Waals surface area contributed by atoms with Crippen molar-refractivity contribution in [2.24, 2.45) is 5.73 Å². The quantitative estimate of drug-likeness (QED) is 0.684. The van der Waals surface area contributed by atoms with E-state index in [4.69, 9.17) is 5.73 Å². The van der Waals surface area contributed by atoms with Crippen molar-refractivity contribution >= 4 is 5.91 Å². The van der Waals surface area contributed by atoms with Crippen LogP contribution in [0.5, 0.6) is 0 Å². The van der Waals surface area contributed by atoms with Gasteiger partial charge in [0.05, 0.1) is 0 Å². The number of unbranched alkanes of at least 4 members (excludes halogenated alkanes) is 3. The van der Waals surface area contributed by atoms with Crippen molar-refractivity contribution in [2.75, 3.05) is 6.54 Å². The lowest BCUT2D eigenvalue weighted by molar-refractivity contribution is -0.129. The van der Waals surface area contributed by atoms with Crippen LogP contribution in [0.3, 0.4) is 0 Å². The molecule has 0 bridgehead atoms. The van der Waals surface area contributed by atoms with E-state index in [1.54, 1.807) is 0 Å². The zero-order valence-corrected chi connectivity index (χ0v) is 10.0. The molecule has 0 aromatic heterocycles. The minimum Gasteiger partial charge on any atom is -0.338 e. The molecule has 2 atom stereocenters. The monoisotopic (exact) mass is 212 g/mol. The highest BCUT2D eigenvalue weighted by Gasteiger charge is 2.29. The van der Waals surface area contributed by atoms with Crippen LogP contribution in [0.25, 0.3) is 0 Å². The van der Waals surface area contributed by atoms with Gasteiger partial charge >= 0.3 is 0 Å². The Balaban J connectivity index is 2.21. The third-order valence-corrected chi connectivity index (χ3v) is 3.20. The predicted molar refractivity (Wildman–Crippen MR) is 62.5 cm³/mol. The molecule has 1 aliphatic heterocycles. The van der Waals surface area contributed by atoms with Crippen LogP contribution in [-0.4, -0.2) is 29.4 Å². The van der Waals surface area contributed by atoms with Gasteiger partial charge in [-0.1, -0.05) is 32.6 Å². The second kappa shape index (κ2) is 6.11. The number of nitrogens with zero attached hydrogens (tertiary/aromatic N) is 1. The topological polar surface area (TPSA) is 46.3 Å². The predicted octanol–water partition coefficient (Wildman–Crippen LogP) is 1.90. The van der Waals surface area contributed by atoms with E-state index in [0.29, 0.717) is 12.5 Å². The molecule has 1 amide bonds. The van der Waals surface area contributed by atoms with Crippen LogP contribution in [0.15, 0.2) is 0 Å². The smallest absolute Gasteiger partial charge is 0.224 e. The molecular weight excluding hydrogens is 188 g/mol. The fraction of sp³-hybridized carbons (Fsp3) is 0.917. The number of likely N-dealkylation sites (tertiary alicyclic amines) is 1. The third kappa shape index (κ3) is 3.82. The van der Waals surface area contributed by atoms with Gasteiger partial charge in [-0.2, -0.15) is 0 Å². The molecule has 2 N–H and O–H groups in total. The Kier molecular flexibility index (Phi) is 5.09. The maximum atomic E-state index is 11.6. The van der Waals surface area contributed by atoms with Crippen LogP contribution in [0, 0.1) is 0 Å². The summed E-state index contributed by atoms with van der Waals surface area (Å²) in [7, 11) is 0. The molecule has 15 heavy (non-hydrogen) atoms. The van der Waals surface area contributed by atoms with Crippen molar-refractivity contribution in [2.45, 2.75) is 64.5 Å². The highest BCUT2D eigenvalue weighted by molar-refractivity contribution is 5.79. The minimum absolute atomic E-state index is 0.0654. The van der Waals surface area contributed by atoms with Gasteiger partial charge in [-0.3, -0.25) is 4.79 Å². The fourth-order valence-corrected chi connectivity index (χ4v) is 2.21. The van der Waals surface area contributed by atoms with E-state index in [2.05, 4.69) is 13.8 Å². The SMILES string of the molecule is CCCCCCC(C)N1CC(N)CC1=O. The Bertz CT molecular complexity index is 206. The molecule has 1 fully saturated rings. The first kappa shape index (κ1) is 12.5. The first-order chi connectivity index (χ1) is 7.15. The van der Waals surface area contributed by atoms with Crippen molar-refractivity contribution in [3.8, 4) is 0 Å². The van der Waals surface area contributed by atoms with E-state index in [1.807, 2.05) is 4.90 Å². The second-order valence-electron chi connectivity index (χ2n) is 4.71. The molecule has 88 valence electrons. The Morgan fingerprint density at radius 1 is 1.47 bits per heavy atom. The molecule has 1 heterocycles. The van der Waals surface area contributed by atoms with E-state index in [1.165, 1.54) is 25.7 Å². The maximum absolute atomic E-state index is 11.6. The van der Waals surface area contributed by atoms with E-state index in [9.17, 15) is 4.79 Å². The Labute approximate surface area is 93.0 Å². The molecule has 0 spiro atoms. The van der Waals surface area contributed by atoms with Gasteiger partial charge in [0, 0.05) is 25.0 Å². The van der Waals surface area contributed by atoms with Crippen LogP contribution in [0.2, 0.25) is 0 Å². The normalized spacial score (nSPS) is 23.5. The van der Waals surface area contributed by atoms with E-state index >= 15 is 0 Å². The standard InChI is InChI=1S/C12H24N2O/c1-3-4-5-6-7-10(2)14-9-11(13)8-12(14)15/h10-11H,3-9,13H2,1-2H3. The third-order valence-electron chi connectivity index (χ3n) is 3.20. The number of hydrogen-bond acceptors (Lipinski definition) is 2. The fourth-order valence-electron chi connectivity index (χ4n) is 2.21. The summed E-state index contributed by atoms with van der Waals surface area (Å²) in [5.74, 6) is 0.241. The minimum atomic E-state index is 0.0654. The van der Waals surface area contributed by atoms with Crippen LogP contribution < -0.4 is 5.73 Å². The van der Waals surface area contributed by atoms with Crippen molar-refractivity contribution in [3.63, 3.8) is 0 Å². The molecule has 3 heteroatoms. The first-order valence-corrected chi connectivity index (χ1v) is 6.20. The second-order valence-corrected chi connectivity index (χ2v) is 4.71. The number of amides is 1. The zero-order valence-electron chi connectivity index (χ0n) is 10.0. The molecule has 1 saturated heterocycles. The Morgan fingerprint density at radius 3 is 2.73 bits per heavy atom. The molecule has 1 aliphatic rings.